The molecule has 1 spiro atoms. The van der Waals surface area contributed by atoms with Crippen LogP contribution in [0.15, 0.2) is 224 Å². The summed E-state index contributed by atoms with van der Waals surface area (Å²) < 4.78 is 0. The van der Waals surface area contributed by atoms with E-state index in [-0.39, 0.29) is 0 Å². The first-order valence-corrected chi connectivity index (χ1v) is 22.4. The molecule has 0 radical (unpaired) electrons. The first-order valence-electron chi connectivity index (χ1n) is 22.4. The Morgan fingerprint density at radius 3 is 1.37 bits per heavy atom. The molecule has 300 valence electrons. The quantitative estimate of drug-likeness (QED) is 0.166. The first kappa shape index (κ1) is 36.0. The third kappa shape index (κ3) is 5.04. The van der Waals surface area contributed by atoms with Gasteiger partial charge in [0.15, 0.2) is 17.5 Å². The van der Waals surface area contributed by atoms with Crippen LogP contribution in [0.5, 0.6) is 0 Å². The summed E-state index contributed by atoms with van der Waals surface area (Å²) in [5.74, 6) is 1.92. The lowest BCUT2D eigenvalue weighted by atomic mass is 9.70. The number of aromatic nitrogens is 3. The van der Waals surface area contributed by atoms with E-state index in [1.807, 2.05) is 18.2 Å². The Labute approximate surface area is 376 Å². The van der Waals surface area contributed by atoms with Gasteiger partial charge in [0.2, 0.25) is 0 Å². The van der Waals surface area contributed by atoms with Gasteiger partial charge in [0, 0.05) is 16.7 Å². The van der Waals surface area contributed by atoms with Crippen LogP contribution in [0.2, 0.25) is 0 Å². The normalized spacial score (nSPS) is 13.0. The number of hydrogen-bond acceptors (Lipinski definition) is 3. The van der Waals surface area contributed by atoms with Crippen molar-refractivity contribution < 1.29 is 0 Å². The highest BCUT2D eigenvalue weighted by Crippen LogP contribution is 2.63. The highest BCUT2D eigenvalue weighted by molar-refractivity contribution is 6.33. The van der Waals surface area contributed by atoms with Gasteiger partial charge in [-0.1, -0.05) is 212 Å². The van der Waals surface area contributed by atoms with E-state index >= 15 is 0 Å². The number of hydrogen-bond donors (Lipinski definition) is 0. The van der Waals surface area contributed by atoms with E-state index in [4.69, 9.17) is 15.0 Å². The lowest BCUT2D eigenvalue weighted by molar-refractivity contribution is 0.794. The van der Waals surface area contributed by atoms with Crippen LogP contribution in [-0.4, -0.2) is 15.0 Å². The summed E-state index contributed by atoms with van der Waals surface area (Å²) >= 11 is 0. The topological polar surface area (TPSA) is 38.7 Å². The molecule has 2 aliphatic rings. The van der Waals surface area contributed by atoms with Crippen molar-refractivity contribution in [3.05, 3.63) is 247 Å². The Balaban J connectivity index is 0.999. The van der Waals surface area contributed by atoms with Crippen LogP contribution in [0.1, 0.15) is 22.3 Å². The molecule has 0 N–H and O–H groups in total. The molecule has 0 atom stereocenters. The van der Waals surface area contributed by atoms with Crippen molar-refractivity contribution in [2.24, 2.45) is 0 Å². The fraction of sp³-hybridized carbons (Fsp3) is 0.0161. The van der Waals surface area contributed by atoms with Gasteiger partial charge in [0.1, 0.15) is 0 Å². The summed E-state index contributed by atoms with van der Waals surface area (Å²) in [6.45, 7) is 0. The Morgan fingerprint density at radius 2 is 0.677 bits per heavy atom. The molecule has 1 heterocycles. The van der Waals surface area contributed by atoms with Crippen LogP contribution in [0.25, 0.3) is 111 Å². The van der Waals surface area contributed by atoms with E-state index in [1.54, 1.807) is 0 Å². The van der Waals surface area contributed by atoms with Gasteiger partial charge in [-0.2, -0.15) is 0 Å². The molecule has 1 aromatic heterocycles. The molecular formula is C62H37N3. The molecule has 0 aliphatic heterocycles. The monoisotopic (exact) mass is 823 g/mol. The van der Waals surface area contributed by atoms with Crippen LogP contribution in [0, 0.1) is 0 Å². The number of benzene rings is 11. The Bertz CT molecular complexity index is 3920. The van der Waals surface area contributed by atoms with Crippen molar-refractivity contribution in [2.45, 2.75) is 5.41 Å². The summed E-state index contributed by atoms with van der Waals surface area (Å²) in [7, 11) is 0. The molecule has 0 fully saturated rings. The van der Waals surface area contributed by atoms with Crippen molar-refractivity contribution in [2.75, 3.05) is 0 Å². The van der Waals surface area contributed by atoms with Gasteiger partial charge in [-0.15, -0.1) is 0 Å². The van der Waals surface area contributed by atoms with Gasteiger partial charge in [-0.25, -0.2) is 15.0 Å². The maximum absolute atomic E-state index is 5.45. The SMILES string of the molecule is c1ccc(-c2nc(-c3cccc(-c4cc5c6ccccc6c6ccccc6c5c5ccccc45)c3)nc(-c3cccc4c3-c3ccccc3C43c4ccccc4-c4ccccc43)n2)cc1. The molecule has 14 rings (SSSR count). The molecule has 0 unspecified atom stereocenters. The molecular weight excluding hydrogens is 787 g/mol. The number of fused-ring (bicyclic) bond motifs is 18. The molecule has 3 heteroatoms. The van der Waals surface area contributed by atoms with Crippen LogP contribution in [-0.2, 0) is 5.41 Å². The zero-order chi connectivity index (χ0) is 42.6. The van der Waals surface area contributed by atoms with Gasteiger partial charge in [0.05, 0.1) is 5.41 Å². The summed E-state index contributed by atoms with van der Waals surface area (Å²) in [5.41, 5.74) is 14.8. The second kappa shape index (κ2) is 13.7. The van der Waals surface area contributed by atoms with E-state index in [0.29, 0.717) is 17.5 Å². The van der Waals surface area contributed by atoms with Crippen molar-refractivity contribution in [1.82, 2.24) is 15.0 Å². The molecule has 0 amide bonds. The van der Waals surface area contributed by atoms with Crippen molar-refractivity contribution >= 4 is 43.1 Å². The van der Waals surface area contributed by atoms with Crippen LogP contribution >= 0.6 is 0 Å². The van der Waals surface area contributed by atoms with Gasteiger partial charge in [-0.05, 0) is 111 Å². The zero-order valence-electron chi connectivity index (χ0n) is 35.2. The van der Waals surface area contributed by atoms with Gasteiger partial charge in [-0.3, -0.25) is 0 Å². The van der Waals surface area contributed by atoms with Crippen molar-refractivity contribution in [3.8, 4) is 67.5 Å². The van der Waals surface area contributed by atoms with Crippen molar-refractivity contribution in [1.29, 1.82) is 0 Å². The Kier molecular flexibility index (Phi) is 7.61. The van der Waals surface area contributed by atoms with Crippen LogP contribution in [0.3, 0.4) is 0 Å². The smallest absolute Gasteiger partial charge is 0.164 e. The first-order chi connectivity index (χ1) is 32.3. The third-order valence-electron chi connectivity index (χ3n) is 14.1. The van der Waals surface area contributed by atoms with E-state index in [0.717, 1.165) is 22.3 Å². The fourth-order valence-corrected chi connectivity index (χ4v) is 11.5. The maximum atomic E-state index is 5.45. The summed E-state index contributed by atoms with van der Waals surface area (Å²) in [6, 6.07) is 81.5. The van der Waals surface area contributed by atoms with Gasteiger partial charge in [0.25, 0.3) is 0 Å². The van der Waals surface area contributed by atoms with E-state index < -0.39 is 5.41 Å². The van der Waals surface area contributed by atoms with E-state index in [1.165, 1.54) is 93.2 Å². The highest BCUT2D eigenvalue weighted by Gasteiger charge is 2.52. The molecule has 0 bridgehead atoms. The van der Waals surface area contributed by atoms with Crippen molar-refractivity contribution in [3.63, 3.8) is 0 Å². The van der Waals surface area contributed by atoms with Crippen LogP contribution in [0.4, 0.5) is 0 Å². The molecule has 2 aliphatic carbocycles. The standard InChI is InChI=1S/C62H37N3/c1-2-18-38(19-3-1)59-63-60(40-21-16-20-39(36-40)51-37-52-43-24-5-4-22-41(43)42-23-6-8-28-47(42)57(52)48-29-9-7-25-44(48)51)65-61(64-59)50-31-17-35-56-58(50)49-30-12-15-34-55(49)62(56)53-32-13-10-26-45(53)46-27-11-14-33-54(46)62/h1-37H. The summed E-state index contributed by atoms with van der Waals surface area (Å²) in [6.07, 6.45) is 0. The zero-order valence-corrected chi connectivity index (χ0v) is 35.2. The third-order valence-corrected chi connectivity index (χ3v) is 14.1. The van der Waals surface area contributed by atoms with E-state index in [2.05, 4.69) is 206 Å². The molecule has 65 heavy (non-hydrogen) atoms. The minimum Gasteiger partial charge on any atom is -0.208 e. The maximum Gasteiger partial charge on any atom is 0.164 e. The molecule has 3 nitrogen and oxygen atoms in total. The second-order valence-electron chi connectivity index (χ2n) is 17.4. The van der Waals surface area contributed by atoms with Gasteiger partial charge < -0.3 is 0 Å². The lowest BCUT2D eigenvalue weighted by Crippen LogP contribution is -2.25. The number of nitrogens with zero attached hydrogens (tertiary/aromatic N) is 3. The lowest BCUT2D eigenvalue weighted by Gasteiger charge is -2.30. The minimum absolute atomic E-state index is 0.470. The summed E-state index contributed by atoms with van der Waals surface area (Å²) in [4.78, 5) is 16.1. The summed E-state index contributed by atoms with van der Waals surface area (Å²) in [5, 5.41) is 10.0. The van der Waals surface area contributed by atoms with E-state index in [9.17, 15) is 0 Å². The fourth-order valence-electron chi connectivity index (χ4n) is 11.5. The average molecular weight is 824 g/mol. The second-order valence-corrected chi connectivity index (χ2v) is 17.4. The minimum atomic E-state index is -0.470. The largest absolute Gasteiger partial charge is 0.208 e. The molecule has 12 aromatic rings. The highest BCUT2D eigenvalue weighted by atomic mass is 15.0. The predicted octanol–water partition coefficient (Wildman–Crippen LogP) is 15.5. The van der Waals surface area contributed by atoms with Gasteiger partial charge >= 0.3 is 0 Å². The number of rotatable bonds is 4. The average Bonchev–Trinajstić information content (AvgIpc) is 3.86. The Morgan fingerprint density at radius 1 is 0.246 bits per heavy atom. The predicted molar refractivity (Wildman–Crippen MR) is 268 cm³/mol. The Hall–Kier alpha value is -8.53. The molecule has 0 saturated carbocycles. The molecule has 0 saturated heterocycles. The molecule has 11 aromatic carbocycles. The van der Waals surface area contributed by atoms with Crippen LogP contribution < -0.4 is 0 Å².